The zero-order chi connectivity index (χ0) is 16.6. The lowest BCUT2D eigenvalue weighted by Crippen LogP contribution is -2.41. The highest BCUT2D eigenvalue weighted by Crippen LogP contribution is 2.30. The maximum Gasteiger partial charge on any atom is 0.417 e. The van der Waals surface area contributed by atoms with Crippen molar-refractivity contribution >= 4 is 17.2 Å². The number of fused-ring (bicyclic) bond motifs is 1. The number of benzene rings is 1. The molecule has 1 amide bonds. The number of carbonyl (C=O) groups excluding carboxylic acids is 1. The number of amides is 1. The molecule has 1 saturated heterocycles. The highest BCUT2D eigenvalue weighted by Gasteiger charge is 2.27. The summed E-state index contributed by atoms with van der Waals surface area (Å²) in [6.45, 7) is 6.97. The number of ether oxygens (including phenoxy) is 1. The van der Waals surface area contributed by atoms with E-state index in [9.17, 15) is 9.59 Å². The number of hydrogen-bond donors (Lipinski definition) is 1. The molecule has 0 unspecified atom stereocenters. The molecule has 1 aromatic heterocycles. The summed E-state index contributed by atoms with van der Waals surface area (Å²) in [6, 6.07) is 5.80. The minimum absolute atomic E-state index is 0.247. The fourth-order valence-corrected chi connectivity index (χ4v) is 2.94. The summed E-state index contributed by atoms with van der Waals surface area (Å²) < 4.78 is 10.5. The van der Waals surface area contributed by atoms with Crippen LogP contribution in [0.3, 0.4) is 0 Å². The van der Waals surface area contributed by atoms with Gasteiger partial charge < -0.3 is 14.1 Å². The van der Waals surface area contributed by atoms with Gasteiger partial charge in [0.2, 0.25) is 0 Å². The first-order chi connectivity index (χ1) is 10.8. The van der Waals surface area contributed by atoms with Gasteiger partial charge in [0.25, 0.3) is 0 Å². The Balaban J connectivity index is 1.65. The minimum atomic E-state index is -0.467. The molecule has 1 aromatic carbocycles. The first-order valence-electron chi connectivity index (χ1n) is 7.92. The van der Waals surface area contributed by atoms with Crippen LogP contribution < -0.4 is 5.76 Å². The number of nitrogens with one attached hydrogen (secondary N) is 1. The van der Waals surface area contributed by atoms with E-state index in [4.69, 9.17) is 9.15 Å². The molecule has 0 atom stereocenters. The molecule has 2 heterocycles. The van der Waals surface area contributed by atoms with Crippen molar-refractivity contribution in [3.63, 3.8) is 0 Å². The van der Waals surface area contributed by atoms with Gasteiger partial charge in [-0.25, -0.2) is 9.59 Å². The fourth-order valence-electron chi connectivity index (χ4n) is 2.94. The van der Waals surface area contributed by atoms with Crippen LogP contribution in [0.25, 0.3) is 11.1 Å². The van der Waals surface area contributed by atoms with Crippen molar-refractivity contribution in [2.24, 2.45) is 0 Å². The van der Waals surface area contributed by atoms with Gasteiger partial charge in [0.15, 0.2) is 5.58 Å². The number of carbonyl (C=O) groups is 1. The van der Waals surface area contributed by atoms with Crippen molar-refractivity contribution in [1.82, 2.24) is 9.88 Å². The lowest BCUT2D eigenvalue weighted by atomic mass is 9.89. The summed E-state index contributed by atoms with van der Waals surface area (Å²) in [4.78, 5) is 27.7. The molecule has 0 spiro atoms. The van der Waals surface area contributed by atoms with Crippen molar-refractivity contribution in [2.75, 3.05) is 13.1 Å². The topological polar surface area (TPSA) is 75.5 Å². The van der Waals surface area contributed by atoms with E-state index in [1.165, 1.54) is 0 Å². The lowest BCUT2D eigenvalue weighted by Gasteiger charge is -2.33. The SMILES string of the molecule is CC(C)(C)OC(=O)N1CCC(c2ccc3[nH]c(=O)oc3c2)CC1. The highest BCUT2D eigenvalue weighted by molar-refractivity contribution is 5.73. The van der Waals surface area contributed by atoms with Crippen molar-refractivity contribution in [1.29, 1.82) is 0 Å². The standard InChI is InChI=1S/C17H22N2O4/c1-17(2,3)23-16(21)19-8-6-11(7-9-19)12-4-5-13-14(10-12)22-15(20)18-13/h4-5,10-11H,6-9H2,1-3H3,(H,18,20). The Hall–Kier alpha value is -2.24. The molecule has 6 heteroatoms. The van der Waals surface area contributed by atoms with E-state index in [2.05, 4.69) is 4.98 Å². The average molecular weight is 318 g/mol. The molecule has 0 radical (unpaired) electrons. The van der Waals surface area contributed by atoms with Gasteiger partial charge in [-0.3, -0.25) is 4.98 Å². The summed E-state index contributed by atoms with van der Waals surface area (Å²) in [7, 11) is 0. The second kappa shape index (κ2) is 5.76. The second-order valence-corrected chi connectivity index (χ2v) is 7.01. The summed E-state index contributed by atoms with van der Waals surface area (Å²) in [5.74, 6) is -0.0739. The molecule has 1 fully saturated rings. The van der Waals surface area contributed by atoms with Crippen LogP contribution in [-0.4, -0.2) is 34.7 Å². The number of rotatable bonds is 1. The van der Waals surface area contributed by atoms with Gasteiger partial charge in [0.05, 0.1) is 5.52 Å². The average Bonchev–Trinajstić information content (AvgIpc) is 2.84. The first kappa shape index (κ1) is 15.6. The molecule has 1 N–H and O–H groups in total. The molecular formula is C17H22N2O4. The molecule has 124 valence electrons. The summed E-state index contributed by atoms with van der Waals surface area (Å²) in [6.07, 6.45) is 1.50. The third-order valence-corrected chi connectivity index (χ3v) is 4.06. The normalized spacial score (nSPS) is 16.7. The van der Waals surface area contributed by atoms with Crippen LogP contribution >= 0.6 is 0 Å². The smallest absolute Gasteiger partial charge is 0.417 e. The molecule has 2 aromatic rings. The van der Waals surface area contributed by atoms with Crippen LogP contribution in [0.1, 0.15) is 45.1 Å². The Morgan fingerprint density at radius 3 is 2.65 bits per heavy atom. The van der Waals surface area contributed by atoms with Crippen LogP contribution in [0.15, 0.2) is 27.4 Å². The first-order valence-corrected chi connectivity index (χ1v) is 7.92. The molecular weight excluding hydrogens is 296 g/mol. The van der Waals surface area contributed by atoms with E-state index >= 15 is 0 Å². The van der Waals surface area contributed by atoms with Crippen molar-refractivity contribution in [2.45, 2.75) is 45.1 Å². The Morgan fingerprint density at radius 1 is 1.30 bits per heavy atom. The summed E-state index contributed by atoms with van der Waals surface area (Å²) in [5.41, 5.74) is 1.97. The van der Waals surface area contributed by atoms with Gasteiger partial charge in [-0.1, -0.05) is 6.07 Å². The van der Waals surface area contributed by atoms with E-state index in [1.807, 2.05) is 39.0 Å². The zero-order valence-corrected chi connectivity index (χ0v) is 13.7. The van der Waals surface area contributed by atoms with Crippen LogP contribution in [0, 0.1) is 0 Å². The number of oxazole rings is 1. The number of hydrogen-bond acceptors (Lipinski definition) is 4. The van der Waals surface area contributed by atoms with Crippen LogP contribution in [0.2, 0.25) is 0 Å². The third-order valence-electron chi connectivity index (χ3n) is 4.06. The van der Waals surface area contributed by atoms with Crippen molar-refractivity contribution in [3.05, 3.63) is 34.3 Å². The van der Waals surface area contributed by atoms with E-state index in [-0.39, 0.29) is 6.09 Å². The Bertz CT molecular complexity index is 761. The van der Waals surface area contributed by atoms with Crippen LogP contribution in [-0.2, 0) is 4.74 Å². The lowest BCUT2D eigenvalue weighted by molar-refractivity contribution is 0.0205. The molecule has 1 aliphatic rings. The zero-order valence-electron chi connectivity index (χ0n) is 13.7. The summed E-state index contributed by atoms with van der Waals surface area (Å²) >= 11 is 0. The maximum atomic E-state index is 12.1. The largest absolute Gasteiger partial charge is 0.444 e. The van der Waals surface area contributed by atoms with E-state index in [0.29, 0.717) is 30.1 Å². The van der Waals surface area contributed by atoms with Gasteiger partial charge in [-0.2, -0.15) is 0 Å². The summed E-state index contributed by atoms with van der Waals surface area (Å²) in [5, 5.41) is 0. The number of likely N-dealkylation sites (tertiary alicyclic amines) is 1. The van der Waals surface area contributed by atoms with Gasteiger partial charge >= 0.3 is 11.8 Å². The molecule has 0 bridgehead atoms. The predicted octanol–water partition coefficient (Wildman–Crippen LogP) is 3.24. The number of nitrogens with zero attached hydrogens (tertiary/aromatic N) is 1. The minimum Gasteiger partial charge on any atom is -0.444 e. The van der Waals surface area contributed by atoms with Gasteiger partial charge in [0.1, 0.15) is 5.60 Å². The maximum absolute atomic E-state index is 12.1. The van der Waals surface area contributed by atoms with Crippen molar-refractivity contribution < 1.29 is 13.9 Å². The highest BCUT2D eigenvalue weighted by atomic mass is 16.6. The Kier molecular flexibility index (Phi) is 3.92. The third kappa shape index (κ3) is 3.57. The molecule has 0 saturated carbocycles. The van der Waals surface area contributed by atoms with Gasteiger partial charge in [-0.05, 0) is 57.2 Å². The molecule has 1 aliphatic heterocycles. The second-order valence-electron chi connectivity index (χ2n) is 7.01. The number of aromatic nitrogens is 1. The Labute approximate surface area is 134 Å². The number of aromatic amines is 1. The quantitative estimate of drug-likeness (QED) is 0.876. The monoisotopic (exact) mass is 318 g/mol. The van der Waals surface area contributed by atoms with Crippen LogP contribution in [0.4, 0.5) is 4.79 Å². The molecule has 0 aliphatic carbocycles. The fraction of sp³-hybridized carbons (Fsp3) is 0.529. The van der Waals surface area contributed by atoms with Crippen molar-refractivity contribution in [3.8, 4) is 0 Å². The molecule has 23 heavy (non-hydrogen) atoms. The van der Waals surface area contributed by atoms with Crippen LogP contribution in [0.5, 0.6) is 0 Å². The van der Waals surface area contributed by atoms with Gasteiger partial charge in [0, 0.05) is 13.1 Å². The van der Waals surface area contributed by atoms with E-state index in [0.717, 1.165) is 18.4 Å². The Morgan fingerprint density at radius 2 is 2.00 bits per heavy atom. The number of H-pyrrole nitrogens is 1. The van der Waals surface area contributed by atoms with E-state index < -0.39 is 11.4 Å². The molecule has 3 rings (SSSR count). The van der Waals surface area contributed by atoms with E-state index in [1.54, 1.807) is 4.90 Å². The predicted molar refractivity (Wildman–Crippen MR) is 86.6 cm³/mol. The molecule has 6 nitrogen and oxygen atoms in total. The number of piperidine rings is 1. The van der Waals surface area contributed by atoms with Gasteiger partial charge in [-0.15, -0.1) is 0 Å².